The van der Waals surface area contributed by atoms with Crippen LogP contribution in [0.4, 0.5) is 11.6 Å². The number of carbonyl (C=O) groups excluding carboxylic acids is 1. The Morgan fingerprint density at radius 2 is 1.93 bits per heavy atom. The van der Waals surface area contributed by atoms with E-state index < -0.39 is 6.10 Å². The van der Waals surface area contributed by atoms with Gasteiger partial charge in [0.25, 0.3) is 5.91 Å². The van der Waals surface area contributed by atoms with E-state index in [2.05, 4.69) is 20.7 Å². The Bertz CT molecular complexity index is 1090. The minimum absolute atomic E-state index is 0.195. The van der Waals surface area contributed by atoms with Crippen LogP contribution in [0.5, 0.6) is 0 Å². The monoisotopic (exact) mass is 407 g/mol. The first-order chi connectivity index (χ1) is 14.5. The van der Waals surface area contributed by atoms with Gasteiger partial charge in [0, 0.05) is 11.3 Å². The van der Waals surface area contributed by atoms with Gasteiger partial charge in [0.15, 0.2) is 0 Å². The number of aliphatic hydroxyl groups excluding tert-OH is 1. The third-order valence-corrected chi connectivity index (χ3v) is 5.32. The molecule has 1 aliphatic rings. The minimum Gasteiger partial charge on any atom is -0.391 e. The van der Waals surface area contributed by atoms with Gasteiger partial charge in [-0.3, -0.25) is 9.78 Å². The van der Waals surface area contributed by atoms with Gasteiger partial charge in [0.1, 0.15) is 0 Å². The largest absolute Gasteiger partial charge is 0.391 e. The van der Waals surface area contributed by atoms with Crippen molar-refractivity contribution in [2.24, 2.45) is 0 Å². The highest BCUT2D eigenvalue weighted by Gasteiger charge is 2.24. The van der Waals surface area contributed by atoms with Crippen LogP contribution >= 0.6 is 0 Å². The number of aromatic amines is 1. The summed E-state index contributed by atoms with van der Waals surface area (Å²) in [6.07, 6.45) is 3.04. The van der Waals surface area contributed by atoms with Crippen LogP contribution in [0.15, 0.2) is 53.3 Å². The number of H-pyrrole nitrogens is 1. The van der Waals surface area contributed by atoms with Gasteiger partial charge >= 0.3 is 5.69 Å². The molecule has 2 atom stereocenters. The fourth-order valence-corrected chi connectivity index (χ4v) is 3.69. The molecule has 8 heteroatoms. The zero-order valence-electron chi connectivity index (χ0n) is 16.8. The van der Waals surface area contributed by atoms with E-state index >= 15 is 0 Å². The summed E-state index contributed by atoms with van der Waals surface area (Å²) in [7, 11) is 0. The lowest BCUT2D eigenvalue weighted by Crippen LogP contribution is -2.45. The van der Waals surface area contributed by atoms with E-state index in [0.29, 0.717) is 22.9 Å². The van der Waals surface area contributed by atoms with Crippen molar-refractivity contribution in [2.45, 2.75) is 44.8 Å². The number of anilines is 2. The van der Waals surface area contributed by atoms with Crippen molar-refractivity contribution < 1.29 is 9.90 Å². The highest BCUT2D eigenvalue weighted by molar-refractivity contribution is 5.94. The van der Waals surface area contributed by atoms with Gasteiger partial charge in [-0.2, -0.15) is 4.68 Å². The van der Waals surface area contributed by atoms with Crippen molar-refractivity contribution in [1.29, 1.82) is 0 Å². The predicted octanol–water partition coefficient (Wildman–Crippen LogP) is 2.65. The van der Waals surface area contributed by atoms with Crippen LogP contribution in [-0.2, 0) is 0 Å². The van der Waals surface area contributed by atoms with Gasteiger partial charge < -0.3 is 15.7 Å². The zero-order valence-corrected chi connectivity index (χ0v) is 16.8. The van der Waals surface area contributed by atoms with Crippen LogP contribution in [0.3, 0.4) is 0 Å². The van der Waals surface area contributed by atoms with Crippen molar-refractivity contribution in [2.75, 3.05) is 5.32 Å². The van der Waals surface area contributed by atoms with Crippen molar-refractivity contribution in [3.63, 3.8) is 0 Å². The molecule has 0 spiro atoms. The Hall–Kier alpha value is -3.39. The maximum absolute atomic E-state index is 12.5. The second kappa shape index (κ2) is 8.54. The van der Waals surface area contributed by atoms with E-state index in [1.165, 1.54) is 4.68 Å². The fraction of sp³-hybridized carbons (Fsp3) is 0.318. The molecule has 2 aromatic carbocycles. The Labute approximate surface area is 174 Å². The van der Waals surface area contributed by atoms with Crippen molar-refractivity contribution in [3.8, 4) is 5.69 Å². The fourth-order valence-electron chi connectivity index (χ4n) is 3.69. The number of nitrogens with zero attached hydrogens (tertiary/aromatic N) is 2. The number of carbonyl (C=O) groups is 1. The minimum atomic E-state index is -0.482. The second-order valence-corrected chi connectivity index (χ2v) is 7.66. The summed E-state index contributed by atoms with van der Waals surface area (Å²) in [6.45, 7) is 1.95. The maximum atomic E-state index is 12.5. The molecule has 0 saturated heterocycles. The second-order valence-electron chi connectivity index (χ2n) is 7.66. The molecule has 0 aliphatic heterocycles. The standard InChI is InChI=1S/C22H25N5O3/c1-14-5-4-6-17(13-14)27-22(30)25-21(26-27)23-16-11-9-15(10-12-16)20(29)24-18-7-2-3-8-19(18)28/h4-6,9-13,18-19,28H,2-3,7-8H2,1H3,(H,24,29)(H2,23,25,26,30)/t18-,19-/m0/s1. The van der Waals surface area contributed by atoms with Gasteiger partial charge in [0.05, 0.1) is 17.8 Å². The molecule has 1 saturated carbocycles. The number of aromatic nitrogens is 3. The molecule has 0 radical (unpaired) electrons. The average molecular weight is 407 g/mol. The first-order valence-corrected chi connectivity index (χ1v) is 10.1. The molecule has 1 fully saturated rings. The summed E-state index contributed by atoms with van der Waals surface area (Å²) in [4.78, 5) is 27.4. The highest BCUT2D eigenvalue weighted by atomic mass is 16.3. The van der Waals surface area contributed by atoms with Crippen LogP contribution in [0.25, 0.3) is 5.69 Å². The molecule has 156 valence electrons. The highest BCUT2D eigenvalue weighted by Crippen LogP contribution is 2.19. The van der Waals surface area contributed by atoms with E-state index in [1.54, 1.807) is 24.3 Å². The topological polar surface area (TPSA) is 112 Å². The van der Waals surface area contributed by atoms with Crippen LogP contribution in [0, 0.1) is 6.92 Å². The molecular weight excluding hydrogens is 382 g/mol. The van der Waals surface area contributed by atoms with Gasteiger partial charge in [-0.1, -0.05) is 25.0 Å². The van der Waals surface area contributed by atoms with E-state index in [4.69, 9.17) is 0 Å². The van der Waals surface area contributed by atoms with Gasteiger partial charge in [-0.25, -0.2) is 4.79 Å². The summed E-state index contributed by atoms with van der Waals surface area (Å²) in [5, 5.41) is 20.3. The number of nitrogens with one attached hydrogen (secondary N) is 3. The molecule has 4 rings (SSSR count). The summed E-state index contributed by atoms with van der Waals surface area (Å²) in [6, 6.07) is 14.2. The van der Waals surface area contributed by atoms with Crippen LogP contribution < -0.4 is 16.3 Å². The normalized spacial score (nSPS) is 18.7. The number of aryl methyl sites for hydroxylation is 1. The molecule has 1 aromatic heterocycles. The number of rotatable bonds is 5. The van der Waals surface area contributed by atoms with Crippen molar-refractivity contribution >= 4 is 17.5 Å². The molecule has 4 N–H and O–H groups in total. The Morgan fingerprint density at radius 3 is 2.67 bits per heavy atom. The molecule has 0 bridgehead atoms. The number of benzene rings is 2. The summed E-state index contributed by atoms with van der Waals surface area (Å²) in [5.74, 6) is 0.105. The molecule has 1 aliphatic carbocycles. The maximum Gasteiger partial charge on any atom is 0.349 e. The van der Waals surface area contributed by atoms with E-state index in [0.717, 1.165) is 31.2 Å². The Balaban J connectivity index is 1.43. The predicted molar refractivity (Wildman–Crippen MR) is 114 cm³/mol. The lowest BCUT2D eigenvalue weighted by atomic mass is 9.92. The molecular formula is C22H25N5O3. The Kier molecular flexibility index (Phi) is 5.67. The van der Waals surface area contributed by atoms with E-state index in [-0.39, 0.29) is 17.6 Å². The quantitative estimate of drug-likeness (QED) is 0.519. The summed E-state index contributed by atoms with van der Waals surface area (Å²) >= 11 is 0. The van der Waals surface area contributed by atoms with Crippen LogP contribution in [-0.4, -0.2) is 37.9 Å². The van der Waals surface area contributed by atoms with Crippen LogP contribution in [0.1, 0.15) is 41.6 Å². The van der Waals surface area contributed by atoms with E-state index in [9.17, 15) is 14.7 Å². The third-order valence-electron chi connectivity index (χ3n) is 5.32. The molecule has 30 heavy (non-hydrogen) atoms. The molecule has 1 heterocycles. The molecule has 1 amide bonds. The lowest BCUT2D eigenvalue weighted by Gasteiger charge is -2.28. The van der Waals surface area contributed by atoms with Gasteiger partial charge in [0.2, 0.25) is 5.95 Å². The average Bonchev–Trinajstić information content (AvgIpc) is 3.10. The lowest BCUT2D eigenvalue weighted by molar-refractivity contribution is 0.0717. The zero-order chi connectivity index (χ0) is 21.1. The van der Waals surface area contributed by atoms with Gasteiger partial charge in [-0.15, -0.1) is 5.10 Å². The number of aliphatic hydroxyl groups is 1. The smallest absolute Gasteiger partial charge is 0.349 e. The molecule has 3 aromatic rings. The van der Waals surface area contributed by atoms with Gasteiger partial charge in [-0.05, 0) is 61.7 Å². The molecule has 0 unspecified atom stereocenters. The third kappa shape index (κ3) is 4.44. The van der Waals surface area contributed by atoms with E-state index in [1.807, 2.05) is 31.2 Å². The van der Waals surface area contributed by atoms with Crippen molar-refractivity contribution in [1.82, 2.24) is 20.1 Å². The number of amides is 1. The first kappa shape index (κ1) is 19.9. The summed E-state index contributed by atoms with van der Waals surface area (Å²) < 4.78 is 1.30. The first-order valence-electron chi connectivity index (χ1n) is 10.1. The summed E-state index contributed by atoms with van der Waals surface area (Å²) in [5.41, 5.74) is 2.57. The Morgan fingerprint density at radius 1 is 1.17 bits per heavy atom. The van der Waals surface area contributed by atoms with Crippen LogP contribution in [0.2, 0.25) is 0 Å². The number of hydrogen-bond acceptors (Lipinski definition) is 5. The van der Waals surface area contributed by atoms with Crippen molar-refractivity contribution in [3.05, 3.63) is 70.1 Å². The number of hydrogen-bond donors (Lipinski definition) is 4. The SMILES string of the molecule is Cc1cccc(-n2nc(Nc3ccc(C(=O)N[C@H]4CCCC[C@@H]4O)cc3)[nH]c2=O)c1. The molecule has 8 nitrogen and oxygen atoms in total.